The summed E-state index contributed by atoms with van der Waals surface area (Å²) in [5.41, 5.74) is 1.19. The SMILES string of the molecule is CCNC(=NCCCSc1nccs1)NCCc1ccc(OC)c(OC)c1.I. The van der Waals surface area contributed by atoms with E-state index in [1.807, 2.05) is 23.7 Å². The van der Waals surface area contributed by atoms with Crippen molar-refractivity contribution in [2.45, 2.75) is 24.1 Å². The van der Waals surface area contributed by atoms with E-state index in [1.165, 1.54) is 5.56 Å². The van der Waals surface area contributed by atoms with Crippen LogP contribution < -0.4 is 20.1 Å². The number of thioether (sulfide) groups is 1. The molecule has 0 amide bonds. The van der Waals surface area contributed by atoms with Crippen LogP contribution in [0.3, 0.4) is 0 Å². The highest BCUT2D eigenvalue weighted by Gasteiger charge is 2.05. The predicted molar refractivity (Wildman–Crippen MR) is 130 cm³/mol. The molecule has 0 aliphatic rings. The second-order valence-electron chi connectivity index (χ2n) is 5.63. The summed E-state index contributed by atoms with van der Waals surface area (Å²) in [5, 5.41) is 8.69. The number of guanidine groups is 1. The molecule has 1 aromatic carbocycles. The summed E-state index contributed by atoms with van der Waals surface area (Å²) in [6, 6.07) is 6.01. The number of ether oxygens (including phenoxy) is 2. The van der Waals surface area contributed by atoms with Crippen molar-refractivity contribution >= 4 is 53.0 Å². The van der Waals surface area contributed by atoms with E-state index < -0.39 is 0 Å². The van der Waals surface area contributed by atoms with E-state index in [0.717, 1.165) is 60.0 Å². The molecule has 2 rings (SSSR count). The van der Waals surface area contributed by atoms with Crippen LogP contribution in [0, 0.1) is 0 Å². The van der Waals surface area contributed by atoms with Crippen LogP contribution in [-0.2, 0) is 6.42 Å². The van der Waals surface area contributed by atoms with E-state index in [1.54, 1.807) is 37.3 Å². The summed E-state index contributed by atoms with van der Waals surface area (Å²) in [4.78, 5) is 8.92. The average molecular weight is 537 g/mol. The fraction of sp³-hybridized carbons (Fsp3) is 0.474. The van der Waals surface area contributed by atoms with Gasteiger partial charge >= 0.3 is 0 Å². The van der Waals surface area contributed by atoms with Crippen LogP contribution in [-0.4, -0.2) is 50.6 Å². The largest absolute Gasteiger partial charge is 0.493 e. The highest BCUT2D eigenvalue weighted by atomic mass is 127. The summed E-state index contributed by atoms with van der Waals surface area (Å²) in [7, 11) is 3.30. The number of rotatable bonds is 11. The molecule has 0 saturated heterocycles. The normalized spacial score (nSPS) is 10.9. The molecule has 0 radical (unpaired) electrons. The molecule has 6 nitrogen and oxygen atoms in total. The van der Waals surface area contributed by atoms with Crippen LogP contribution >= 0.6 is 47.1 Å². The lowest BCUT2D eigenvalue weighted by molar-refractivity contribution is 0.354. The Morgan fingerprint density at radius 3 is 2.71 bits per heavy atom. The molecule has 0 saturated carbocycles. The molecule has 0 fully saturated rings. The minimum atomic E-state index is 0. The Labute approximate surface area is 192 Å². The molecule has 0 spiro atoms. The van der Waals surface area contributed by atoms with Gasteiger partial charge in [-0.1, -0.05) is 17.8 Å². The Morgan fingerprint density at radius 1 is 1.21 bits per heavy atom. The Morgan fingerprint density at radius 2 is 2.04 bits per heavy atom. The fourth-order valence-electron chi connectivity index (χ4n) is 2.40. The maximum atomic E-state index is 5.36. The third-order valence-corrected chi connectivity index (χ3v) is 5.76. The van der Waals surface area contributed by atoms with E-state index in [4.69, 9.17) is 9.47 Å². The van der Waals surface area contributed by atoms with Crippen LogP contribution in [0.25, 0.3) is 0 Å². The Bertz CT molecular complexity index is 699. The number of thiazole rings is 1. The number of methoxy groups -OCH3 is 2. The molecule has 0 bridgehead atoms. The summed E-state index contributed by atoms with van der Waals surface area (Å²) in [6.07, 6.45) is 3.75. The van der Waals surface area contributed by atoms with Gasteiger partial charge in [0.15, 0.2) is 17.5 Å². The van der Waals surface area contributed by atoms with E-state index in [-0.39, 0.29) is 24.0 Å². The lowest BCUT2D eigenvalue weighted by Crippen LogP contribution is -2.38. The molecular formula is C19H29IN4O2S2. The van der Waals surface area contributed by atoms with Crippen LogP contribution in [0.15, 0.2) is 39.1 Å². The Kier molecular flexibility index (Phi) is 13.1. The van der Waals surface area contributed by atoms with Crippen molar-refractivity contribution < 1.29 is 9.47 Å². The highest BCUT2D eigenvalue weighted by Crippen LogP contribution is 2.27. The zero-order valence-electron chi connectivity index (χ0n) is 16.6. The molecule has 156 valence electrons. The topological polar surface area (TPSA) is 67.8 Å². The summed E-state index contributed by atoms with van der Waals surface area (Å²) in [6.45, 7) is 4.51. The summed E-state index contributed by atoms with van der Waals surface area (Å²) >= 11 is 3.47. The quantitative estimate of drug-likeness (QED) is 0.149. The van der Waals surface area contributed by atoms with Crippen molar-refractivity contribution in [3.63, 3.8) is 0 Å². The number of hydrogen-bond donors (Lipinski definition) is 2. The molecule has 0 aliphatic carbocycles. The number of aliphatic imine (C=N–C) groups is 1. The minimum Gasteiger partial charge on any atom is -0.493 e. The summed E-state index contributed by atoms with van der Waals surface area (Å²) in [5.74, 6) is 3.40. The van der Waals surface area contributed by atoms with Gasteiger partial charge in [0.25, 0.3) is 0 Å². The molecule has 0 unspecified atom stereocenters. The molecule has 9 heteroatoms. The second kappa shape index (κ2) is 14.7. The summed E-state index contributed by atoms with van der Waals surface area (Å²) < 4.78 is 11.8. The van der Waals surface area contributed by atoms with Crippen molar-refractivity contribution in [3.05, 3.63) is 35.3 Å². The van der Waals surface area contributed by atoms with Crippen LogP contribution in [0.1, 0.15) is 18.9 Å². The van der Waals surface area contributed by atoms with Gasteiger partial charge in [0.2, 0.25) is 0 Å². The van der Waals surface area contributed by atoms with Crippen LogP contribution in [0.5, 0.6) is 11.5 Å². The highest BCUT2D eigenvalue weighted by molar-refractivity contribution is 14.0. The van der Waals surface area contributed by atoms with E-state index in [0.29, 0.717) is 0 Å². The maximum Gasteiger partial charge on any atom is 0.191 e. The van der Waals surface area contributed by atoms with Gasteiger partial charge in [0.05, 0.1) is 14.2 Å². The first kappa shape index (κ1) is 24.8. The number of aromatic nitrogens is 1. The first-order chi connectivity index (χ1) is 13.3. The van der Waals surface area contributed by atoms with Crippen molar-refractivity contribution in [1.82, 2.24) is 15.6 Å². The number of benzene rings is 1. The zero-order chi connectivity index (χ0) is 19.3. The van der Waals surface area contributed by atoms with E-state index in [9.17, 15) is 0 Å². The van der Waals surface area contributed by atoms with E-state index >= 15 is 0 Å². The molecule has 1 heterocycles. The second-order valence-corrected chi connectivity index (χ2v) is 7.86. The predicted octanol–water partition coefficient (Wildman–Crippen LogP) is 4.06. The lowest BCUT2D eigenvalue weighted by atomic mass is 10.1. The fourth-order valence-corrected chi connectivity index (χ4v) is 4.03. The third kappa shape index (κ3) is 8.87. The van der Waals surface area contributed by atoms with Crippen LogP contribution in [0.4, 0.5) is 0 Å². The molecule has 0 atom stereocenters. The van der Waals surface area contributed by atoms with Crippen LogP contribution in [0.2, 0.25) is 0 Å². The maximum absolute atomic E-state index is 5.36. The lowest BCUT2D eigenvalue weighted by Gasteiger charge is -2.12. The van der Waals surface area contributed by atoms with Gasteiger partial charge in [0.1, 0.15) is 4.34 Å². The minimum absolute atomic E-state index is 0. The molecule has 0 aliphatic heterocycles. The monoisotopic (exact) mass is 536 g/mol. The molecule has 28 heavy (non-hydrogen) atoms. The van der Waals surface area contributed by atoms with Crippen molar-refractivity contribution in [2.24, 2.45) is 4.99 Å². The number of nitrogens with zero attached hydrogens (tertiary/aromatic N) is 2. The van der Waals surface area contributed by atoms with Gasteiger partial charge in [-0.2, -0.15) is 0 Å². The standard InChI is InChI=1S/C19H28N4O2S2.HI/c1-4-20-18(21-9-5-12-26-19-23-11-13-27-19)22-10-8-15-6-7-16(24-2)17(14-15)25-3;/h6-7,11,13-14H,4-5,8-10,12H2,1-3H3,(H2,20,21,22);1H. The van der Waals surface area contributed by atoms with Gasteiger partial charge in [-0.15, -0.1) is 35.3 Å². The van der Waals surface area contributed by atoms with Crippen molar-refractivity contribution in [1.29, 1.82) is 0 Å². The van der Waals surface area contributed by atoms with Gasteiger partial charge in [-0.05, 0) is 37.5 Å². The van der Waals surface area contributed by atoms with Gasteiger partial charge in [-0.25, -0.2) is 4.98 Å². The van der Waals surface area contributed by atoms with Gasteiger partial charge in [0, 0.05) is 37.0 Å². The smallest absolute Gasteiger partial charge is 0.191 e. The van der Waals surface area contributed by atoms with Gasteiger partial charge in [-0.3, -0.25) is 4.99 Å². The molecule has 2 N–H and O–H groups in total. The molecular weight excluding hydrogens is 507 g/mol. The third-order valence-electron chi connectivity index (χ3n) is 3.71. The first-order valence-corrected chi connectivity index (χ1v) is 10.9. The molecule has 2 aromatic rings. The Hall–Kier alpha value is -1.20. The Balaban J connectivity index is 0.00000392. The number of nitrogens with one attached hydrogen (secondary N) is 2. The first-order valence-electron chi connectivity index (χ1n) is 9.02. The van der Waals surface area contributed by atoms with Crippen molar-refractivity contribution in [3.8, 4) is 11.5 Å². The van der Waals surface area contributed by atoms with Crippen molar-refractivity contribution in [2.75, 3.05) is 39.6 Å². The number of hydrogen-bond acceptors (Lipinski definition) is 6. The van der Waals surface area contributed by atoms with Gasteiger partial charge < -0.3 is 20.1 Å². The number of halogens is 1. The average Bonchev–Trinajstić information content (AvgIpc) is 3.21. The molecule has 1 aromatic heterocycles. The van der Waals surface area contributed by atoms with E-state index in [2.05, 4.69) is 33.6 Å². The zero-order valence-corrected chi connectivity index (χ0v) is 20.5.